The Morgan fingerprint density at radius 3 is 1.95 bits per heavy atom. The van der Waals surface area contributed by atoms with Gasteiger partial charge >= 0.3 is 0 Å². The quantitative estimate of drug-likeness (QED) is 0.223. The highest BCUT2D eigenvalue weighted by molar-refractivity contribution is 5.86. The largest absolute Gasteiger partial charge is 0.338 e. The highest BCUT2D eigenvalue weighted by atomic mass is 15.2. The van der Waals surface area contributed by atoms with E-state index in [0.717, 1.165) is 57.1 Å². The zero-order chi connectivity index (χ0) is 31.4. The molecule has 2 saturated carbocycles. The first-order chi connectivity index (χ1) is 21.6. The van der Waals surface area contributed by atoms with Crippen molar-refractivity contribution in [2.24, 2.45) is 0 Å². The topological polar surface area (TPSA) is 3.24 Å². The number of rotatable bonds is 6. The van der Waals surface area contributed by atoms with Crippen molar-refractivity contribution >= 4 is 11.4 Å². The molecule has 2 fully saturated rings. The molecule has 0 aliphatic heterocycles. The van der Waals surface area contributed by atoms with Gasteiger partial charge in [-0.1, -0.05) is 119 Å². The third kappa shape index (κ3) is 5.03. The van der Waals surface area contributed by atoms with E-state index < -0.39 is 11.8 Å². The lowest BCUT2D eigenvalue weighted by Gasteiger charge is -2.38. The number of fused-ring (bicyclic) bond motifs is 3. The van der Waals surface area contributed by atoms with Crippen molar-refractivity contribution in [3.8, 4) is 22.3 Å². The van der Waals surface area contributed by atoms with Gasteiger partial charge in [-0.05, 0) is 114 Å². The van der Waals surface area contributed by atoms with Crippen LogP contribution in [0.1, 0.15) is 129 Å². The van der Waals surface area contributed by atoms with Crippen LogP contribution < -0.4 is 4.90 Å². The standard InChI is InChI=1S/C42H49N/c1-29(2)43(39-26-16-24-33(30-17-8-5-9-18-30)41(39)32-21-12-7-13-22-32)40-28-38-36(27-35(40)31-19-10-6-11-20-31)34-23-14-15-25-37(34)42(38,3)4/h5,8-9,14-18,23-29,31-32H,6-7,10-13,19-22H2,1-4H3/i31D,32D. The first-order valence-corrected chi connectivity index (χ1v) is 16.9. The third-order valence-corrected chi connectivity index (χ3v) is 10.5. The Labute approximate surface area is 263 Å². The Balaban J connectivity index is 1.52. The maximum atomic E-state index is 10.1. The molecule has 43 heavy (non-hydrogen) atoms. The molecule has 7 rings (SSSR count). The lowest BCUT2D eigenvalue weighted by Crippen LogP contribution is -2.29. The fraction of sp³-hybridized carbons (Fsp3) is 0.429. The van der Waals surface area contributed by atoms with Gasteiger partial charge in [-0.2, -0.15) is 0 Å². The van der Waals surface area contributed by atoms with E-state index in [2.05, 4.69) is 118 Å². The number of benzene rings is 4. The number of nitrogens with zero attached hydrogens (tertiary/aromatic N) is 1. The molecule has 1 heteroatoms. The van der Waals surface area contributed by atoms with E-state index in [4.69, 9.17) is 0 Å². The van der Waals surface area contributed by atoms with Gasteiger partial charge in [-0.25, -0.2) is 0 Å². The van der Waals surface area contributed by atoms with Crippen molar-refractivity contribution in [2.75, 3.05) is 4.90 Å². The van der Waals surface area contributed by atoms with E-state index in [-0.39, 0.29) is 11.5 Å². The molecule has 3 aliphatic rings. The van der Waals surface area contributed by atoms with Crippen molar-refractivity contribution in [2.45, 2.75) is 115 Å². The molecule has 3 aliphatic carbocycles. The van der Waals surface area contributed by atoms with Crippen LogP contribution in [-0.4, -0.2) is 6.04 Å². The summed E-state index contributed by atoms with van der Waals surface area (Å²) in [6.45, 7) is 9.32. The van der Waals surface area contributed by atoms with Gasteiger partial charge in [0.25, 0.3) is 0 Å². The first kappa shape index (κ1) is 26.1. The SMILES string of the molecule is [2H]C1(c2cc3c(cc2N(c2cccc(-c4ccccc4)c2C2([2H])CCCCC2)C(C)C)C(C)(C)c2ccccc2-3)CCCCC1. The lowest BCUT2D eigenvalue weighted by molar-refractivity contribution is 0.442. The van der Waals surface area contributed by atoms with Crippen LogP contribution >= 0.6 is 0 Å². The second-order valence-corrected chi connectivity index (χ2v) is 13.9. The molecule has 1 nitrogen and oxygen atoms in total. The number of anilines is 2. The normalized spacial score (nSPS) is 20.6. The molecule has 0 saturated heterocycles. The van der Waals surface area contributed by atoms with Crippen molar-refractivity contribution in [3.63, 3.8) is 0 Å². The molecular formula is C42H49N. The van der Waals surface area contributed by atoms with Gasteiger partial charge in [0.2, 0.25) is 0 Å². The Morgan fingerprint density at radius 1 is 0.628 bits per heavy atom. The molecule has 0 bridgehead atoms. The van der Waals surface area contributed by atoms with E-state index in [9.17, 15) is 2.74 Å². The average Bonchev–Trinajstić information content (AvgIpc) is 3.27. The summed E-state index contributed by atoms with van der Waals surface area (Å²) in [7, 11) is 0. The molecule has 0 amide bonds. The summed E-state index contributed by atoms with van der Waals surface area (Å²) in [5.74, 6) is -1.28. The van der Waals surface area contributed by atoms with E-state index >= 15 is 0 Å². The molecule has 0 N–H and O–H groups in total. The monoisotopic (exact) mass is 569 g/mol. The van der Waals surface area contributed by atoms with Crippen LogP contribution in [0.15, 0.2) is 84.9 Å². The van der Waals surface area contributed by atoms with Crippen molar-refractivity contribution in [1.29, 1.82) is 0 Å². The van der Waals surface area contributed by atoms with E-state index in [1.165, 1.54) is 63.0 Å². The molecule has 4 aromatic carbocycles. The molecule has 222 valence electrons. The zero-order valence-corrected chi connectivity index (χ0v) is 26.7. The summed E-state index contributed by atoms with van der Waals surface area (Å²) in [6.07, 6.45) is 10.4. The lowest BCUT2D eigenvalue weighted by atomic mass is 9.78. The fourth-order valence-corrected chi connectivity index (χ4v) is 8.35. The maximum absolute atomic E-state index is 10.1. The zero-order valence-electron chi connectivity index (χ0n) is 28.7. The minimum absolute atomic E-state index is 0.127. The van der Waals surface area contributed by atoms with Crippen LogP contribution in [0.5, 0.6) is 0 Å². The predicted octanol–water partition coefficient (Wildman–Crippen LogP) is 12.3. The highest BCUT2D eigenvalue weighted by Crippen LogP contribution is 2.54. The number of hydrogen-bond donors (Lipinski definition) is 0. The van der Waals surface area contributed by atoms with Gasteiger partial charge in [-0.3, -0.25) is 0 Å². The predicted molar refractivity (Wildman–Crippen MR) is 185 cm³/mol. The molecule has 0 radical (unpaired) electrons. The first-order valence-electron chi connectivity index (χ1n) is 17.9. The summed E-state index contributed by atoms with van der Waals surface area (Å²) in [5.41, 5.74) is 12.3. The molecular weight excluding hydrogens is 518 g/mol. The number of hydrogen-bond acceptors (Lipinski definition) is 1. The molecule has 4 aromatic rings. The van der Waals surface area contributed by atoms with E-state index in [0.29, 0.717) is 0 Å². The molecule has 0 spiro atoms. The van der Waals surface area contributed by atoms with Gasteiger partial charge in [0.15, 0.2) is 0 Å². The Hall–Kier alpha value is -3.32. The molecule has 0 atom stereocenters. The van der Waals surface area contributed by atoms with Crippen LogP contribution in [0.4, 0.5) is 11.4 Å². The van der Waals surface area contributed by atoms with Crippen molar-refractivity contribution in [3.05, 3.63) is 107 Å². The molecule has 0 unspecified atom stereocenters. The summed E-state index contributed by atoms with van der Waals surface area (Å²) < 4.78 is 20.1. The van der Waals surface area contributed by atoms with Crippen molar-refractivity contribution in [1.82, 2.24) is 0 Å². The van der Waals surface area contributed by atoms with Crippen LogP contribution in [-0.2, 0) is 5.41 Å². The van der Waals surface area contributed by atoms with Gasteiger partial charge in [0.1, 0.15) is 0 Å². The maximum Gasteiger partial charge on any atom is 0.0454 e. The van der Waals surface area contributed by atoms with Crippen molar-refractivity contribution < 1.29 is 2.74 Å². The van der Waals surface area contributed by atoms with Crippen LogP contribution in [0.2, 0.25) is 0 Å². The average molecular weight is 570 g/mol. The summed E-state index contributed by atoms with van der Waals surface area (Å²) in [5, 5.41) is 0. The third-order valence-electron chi connectivity index (χ3n) is 10.5. The van der Waals surface area contributed by atoms with Gasteiger partial charge < -0.3 is 4.90 Å². The van der Waals surface area contributed by atoms with Gasteiger partial charge in [0, 0.05) is 25.6 Å². The minimum atomic E-state index is -0.650. The van der Waals surface area contributed by atoms with E-state index in [1.54, 1.807) is 0 Å². The molecule has 0 aromatic heterocycles. The van der Waals surface area contributed by atoms with E-state index in [1.807, 2.05) is 0 Å². The Kier molecular flexibility index (Phi) is 7.07. The van der Waals surface area contributed by atoms with Crippen LogP contribution in [0, 0.1) is 0 Å². The van der Waals surface area contributed by atoms with Crippen LogP contribution in [0.25, 0.3) is 22.3 Å². The fourth-order valence-electron chi connectivity index (χ4n) is 8.35. The second kappa shape index (κ2) is 11.6. The summed E-state index contributed by atoms with van der Waals surface area (Å²) in [4.78, 5) is 2.53. The summed E-state index contributed by atoms with van der Waals surface area (Å²) >= 11 is 0. The minimum Gasteiger partial charge on any atom is -0.338 e. The Bertz CT molecular complexity index is 1690. The van der Waals surface area contributed by atoms with Crippen LogP contribution in [0.3, 0.4) is 0 Å². The van der Waals surface area contributed by atoms with Gasteiger partial charge in [-0.15, -0.1) is 0 Å². The highest BCUT2D eigenvalue weighted by Gasteiger charge is 2.38. The van der Waals surface area contributed by atoms with Gasteiger partial charge in [0.05, 0.1) is 0 Å². The molecule has 0 heterocycles. The Morgan fingerprint density at radius 2 is 1.26 bits per heavy atom. The second-order valence-electron chi connectivity index (χ2n) is 13.9. The summed E-state index contributed by atoms with van der Waals surface area (Å²) in [6, 6.07) is 31.4. The smallest absolute Gasteiger partial charge is 0.0454 e.